The first kappa shape index (κ1) is 14.0. The Morgan fingerprint density at radius 2 is 1.71 bits per heavy atom. The second kappa shape index (κ2) is 6.44. The monoisotopic (exact) mass is 200 g/mol. The molecule has 0 heterocycles. The van der Waals surface area contributed by atoms with Crippen LogP contribution in [-0.4, -0.2) is 10.7 Å². The van der Waals surface area contributed by atoms with Crippen LogP contribution in [0.5, 0.6) is 0 Å². The van der Waals surface area contributed by atoms with Gasteiger partial charge in [0.2, 0.25) is 0 Å². The fourth-order valence-electron chi connectivity index (χ4n) is 2.43. The SMILES string of the molecule is CCCCC(CC)C(O)(CC)C(C)C. The third-order valence-corrected chi connectivity index (χ3v) is 3.67. The van der Waals surface area contributed by atoms with Gasteiger partial charge in [-0.05, 0) is 24.7 Å². The molecule has 0 amide bonds. The molecule has 0 fully saturated rings. The fourth-order valence-corrected chi connectivity index (χ4v) is 2.43. The number of hydrogen-bond acceptors (Lipinski definition) is 1. The maximum atomic E-state index is 10.6. The van der Waals surface area contributed by atoms with Crippen LogP contribution in [0.1, 0.15) is 66.7 Å². The summed E-state index contributed by atoms with van der Waals surface area (Å²) in [6.07, 6.45) is 5.63. The summed E-state index contributed by atoms with van der Waals surface area (Å²) in [5.74, 6) is 0.849. The first-order valence-corrected chi connectivity index (χ1v) is 6.25. The summed E-state index contributed by atoms with van der Waals surface area (Å²) >= 11 is 0. The third-order valence-electron chi connectivity index (χ3n) is 3.67. The predicted molar refractivity (Wildman–Crippen MR) is 63.4 cm³/mol. The van der Waals surface area contributed by atoms with Crippen LogP contribution in [-0.2, 0) is 0 Å². The lowest BCUT2D eigenvalue weighted by Crippen LogP contribution is -2.42. The van der Waals surface area contributed by atoms with Gasteiger partial charge in [-0.3, -0.25) is 0 Å². The molecule has 1 heteroatoms. The minimum atomic E-state index is -0.441. The van der Waals surface area contributed by atoms with E-state index in [1.165, 1.54) is 19.3 Å². The summed E-state index contributed by atoms with van der Waals surface area (Å²) < 4.78 is 0. The molecule has 86 valence electrons. The zero-order valence-electron chi connectivity index (χ0n) is 10.6. The second-order valence-electron chi connectivity index (χ2n) is 4.75. The summed E-state index contributed by atoms with van der Waals surface area (Å²) in [6.45, 7) is 10.8. The van der Waals surface area contributed by atoms with E-state index in [1.54, 1.807) is 0 Å². The number of aliphatic hydroxyl groups is 1. The van der Waals surface area contributed by atoms with Crippen LogP contribution in [0.25, 0.3) is 0 Å². The molecule has 0 saturated carbocycles. The molecule has 1 N–H and O–H groups in total. The smallest absolute Gasteiger partial charge is 0.0695 e. The van der Waals surface area contributed by atoms with E-state index in [9.17, 15) is 5.11 Å². The summed E-state index contributed by atoms with van der Waals surface area (Å²) in [5, 5.41) is 10.6. The molecular weight excluding hydrogens is 172 g/mol. The molecule has 0 rings (SSSR count). The van der Waals surface area contributed by atoms with E-state index in [1.807, 2.05) is 0 Å². The third kappa shape index (κ3) is 3.27. The van der Waals surface area contributed by atoms with E-state index in [4.69, 9.17) is 0 Å². The van der Waals surface area contributed by atoms with Crippen molar-refractivity contribution in [2.45, 2.75) is 72.3 Å². The maximum Gasteiger partial charge on any atom is 0.0695 e. The maximum absolute atomic E-state index is 10.6. The largest absolute Gasteiger partial charge is 0.389 e. The van der Waals surface area contributed by atoms with Gasteiger partial charge in [0.25, 0.3) is 0 Å². The van der Waals surface area contributed by atoms with Gasteiger partial charge in [0.1, 0.15) is 0 Å². The zero-order chi connectivity index (χ0) is 11.2. The number of hydrogen-bond donors (Lipinski definition) is 1. The van der Waals surface area contributed by atoms with E-state index in [0.29, 0.717) is 11.8 Å². The zero-order valence-corrected chi connectivity index (χ0v) is 10.6. The van der Waals surface area contributed by atoms with Crippen LogP contribution in [0.4, 0.5) is 0 Å². The molecule has 0 aromatic carbocycles. The molecule has 0 spiro atoms. The first-order chi connectivity index (χ1) is 6.52. The molecule has 0 bridgehead atoms. The highest BCUT2D eigenvalue weighted by molar-refractivity contribution is 4.87. The molecular formula is C13H28O. The van der Waals surface area contributed by atoms with E-state index >= 15 is 0 Å². The average Bonchev–Trinajstić information content (AvgIpc) is 2.18. The molecule has 0 radical (unpaired) electrons. The van der Waals surface area contributed by atoms with Crippen molar-refractivity contribution in [1.82, 2.24) is 0 Å². The Labute approximate surface area is 89.9 Å². The van der Waals surface area contributed by atoms with Gasteiger partial charge in [-0.15, -0.1) is 0 Å². The van der Waals surface area contributed by atoms with Crippen molar-refractivity contribution in [3.8, 4) is 0 Å². The molecule has 2 atom stereocenters. The van der Waals surface area contributed by atoms with Crippen molar-refractivity contribution in [1.29, 1.82) is 0 Å². The number of unbranched alkanes of at least 4 members (excludes halogenated alkanes) is 1. The Kier molecular flexibility index (Phi) is 6.43. The highest BCUT2D eigenvalue weighted by Crippen LogP contribution is 2.35. The average molecular weight is 200 g/mol. The molecule has 0 aliphatic carbocycles. The summed E-state index contributed by atoms with van der Waals surface area (Å²) in [6, 6.07) is 0. The lowest BCUT2D eigenvalue weighted by atomic mass is 9.73. The topological polar surface area (TPSA) is 20.2 Å². The quantitative estimate of drug-likeness (QED) is 0.658. The van der Waals surface area contributed by atoms with Crippen LogP contribution in [0.3, 0.4) is 0 Å². The van der Waals surface area contributed by atoms with Gasteiger partial charge in [-0.25, -0.2) is 0 Å². The van der Waals surface area contributed by atoms with Gasteiger partial charge in [-0.1, -0.05) is 53.9 Å². The van der Waals surface area contributed by atoms with Crippen molar-refractivity contribution in [2.24, 2.45) is 11.8 Å². The Morgan fingerprint density at radius 1 is 1.14 bits per heavy atom. The van der Waals surface area contributed by atoms with Crippen LogP contribution in [0.15, 0.2) is 0 Å². The minimum Gasteiger partial charge on any atom is -0.389 e. The molecule has 0 aromatic heterocycles. The van der Waals surface area contributed by atoms with Crippen molar-refractivity contribution in [3.63, 3.8) is 0 Å². The van der Waals surface area contributed by atoms with Gasteiger partial charge < -0.3 is 5.11 Å². The fraction of sp³-hybridized carbons (Fsp3) is 1.00. The van der Waals surface area contributed by atoms with Crippen LogP contribution in [0.2, 0.25) is 0 Å². The van der Waals surface area contributed by atoms with Gasteiger partial charge in [0.15, 0.2) is 0 Å². The molecule has 2 unspecified atom stereocenters. The van der Waals surface area contributed by atoms with Crippen molar-refractivity contribution >= 4 is 0 Å². The van der Waals surface area contributed by atoms with Crippen molar-refractivity contribution in [2.75, 3.05) is 0 Å². The Hall–Kier alpha value is -0.0400. The molecule has 0 aliphatic rings. The van der Waals surface area contributed by atoms with E-state index in [-0.39, 0.29) is 0 Å². The second-order valence-corrected chi connectivity index (χ2v) is 4.75. The number of rotatable bonds is 7. The molecule has 0 saturated heterocycles. The van der Waals surface area contributed by atoms with E-state index in [2.05, 4.69) is 34.6 Å². The van der Waals surface area contributed by atoms with Gasteiger partial charge in [-0.2, -0.15) is 0 Å². The summed E-state index contributed by atoms with van der Waals surface area (Å²) in [7, 11) is 0. The molecule has 14 heavy (non-hydrogen) atoms. The van der Waals surface area contributed by atoms with Crippen LogP contribution in [0, 0.1) is 11.8 Å². The molecule has 0 aliphatic heterocycles. The molecule has 1 nitrogen and oxygen atoms in total. The molecule has 0 aromatic rings. The minimum absolute atomic E-state index is 0.370. The predicted octanol–water partition coefficient (Wildman–Crippen LogP) is 4.00. The Morgan fingerprint density at radius 3 is 2.00 bits per heavy atom. The normalized spacial score (nSPS) is 18.2. The van der Waals surface area contributed by atoms with Gasteiger partial charge >= 0.3 is 0 Å². The highest BCUT2D eigenvalue weighted by atomic mass is 16.3. The van der Waals surface area contributed by atoms with E-state index < -0.39 is 5.60 Å². The highest BCUT2D eigenvalue weighted by Gasteiger charge is 2.36. The lowest BCUT2D eigenvalue weighted by Gasteiger charge is -2.39. The van der Waals surface area contributed by atoms with Crippen LogP contribution >= 0.6 is 0 Å². The standard InChI is InChI=1S/C13H28O/c1-6-9-10-12(7-2)13(14,8-3)11(4)5/h11-12,14H,6-10H2,1-5H3. The van der Waals surface area contributed by atoms with Crippen molar-refractivity contribution < 1.29 is 5.11 Å². The first-order valence-electron chi connectivity index (χ1n) is 6.25. The van der Waals surface area contributed by atoms with Gasteiger partial charge in [0.05, 0.1) is 5.60 Å². The summed E-state index contributed by atoms with van der Waals surface area (Å²) in [5.41, 5.74) is -0.441. The van der Waals surface area contributed by atoms with Gasteiger partial charge in [0, 0.05) is 0 Å². The Bertz CT molecular complexity index is 142. The lowest BCUT2D eigenvalue weighted by molar-refractivity contribution is -0.0667. The Balaban J connectivity index is 4.43. The summed E-state index contributed by atoms with van der Waals surface area (Å²) in [4.78, 5) is 0. The van der Waals surface area contributed by atoms with E-state index in [0.717, 1.165) is 12.8 Å². The van der Waals surface area contributed by atoms with Crippen molar-refractivity contribution in [3.05, 3.63) is 0 Å². The van der Waals surface area contributed by atoms with Crippen LogP contribution < -0.4 is 0 Å².